The second kappa shape index (κ2) is 12.5. The van der Waals surface area contributed by atoms with Crippen LogP contribution in [0, 0.1) is 6.92 Å². The van der Waals surface area contributed by atoms with Crippen LogP contribution in [0.2, 0.25) is 0 Å². The number of nitrogens with zero attached hydrogens (tertiary/aromatic N) is 3. The summed E-state index contributed by atoms with van der Waals surface area (Å²) < 4.78 is 0. The third-order valence-electron chi connectivity index (χ3n) is 3.82. The second-order valence-corrected chi connectivity index (χ2v) is 5.98. The Hall–Kier alpha value is -1.91. The fraction of sp³-hybridized carbons (Fsp3) is 0.136. The first-order valence-electron chi connectivity index (χ1n) is 8.32. The Balaban J connectivity index is 0.00000243. The van der Waals surface area contributed by atoms with Gasteiger partial charge in [-0.1, -0.05) is 36.4 Å². The summed E-state index contributed by atoms with van der Waals surface area (Å²) in [6, 6.07) is 24.0. The molecule has 3 aromatic rings. The molecule has 0 spiro atoms. The molecule has 3 rings (SSSR count). The van der Waals surface area contributed by atoms with Gasteiger partial charge in [0.1, 0.15) is 0 Å². The van der Waals surface area contributed by atoms with Crippen LogP contribution in [0.1, 0.15) is 30.8 Å². The molecule has 0 unspecified atom stereocenters. The minimum Gasteiger partial charge on any atom is -1.00 e. The molecule has 0 saturated heterocycles. The molecule has 2 aromatic carbocycles. The average Bonchev–Trinajstić information content (AvgIpc) is 2.63. The van der Waals surface area contributed by atoms with Crippen molar-refractivity contribution in [2.75, 3.05) is 0 Å². The van der Waals surface area contributed by atoms with Crippen molar-refractivity contribution in [3.05, 3.63) is 89.7 Å². The van der Waals surface area contributed by atoms with Crippen LogP contribution < -0.4 is 24.8 Å². The smallest absolute Gasteiger partial charge is 1.00 e. The Morgan fingerprint density at radius 2 is 1.04 bits per heavy atom. The number of halogens is 2. The van der Waals surface area contributed by atoms with Gasteiger partial charge in [0, 0.05) is 0 Å². The Bertz CT molecular complexity index is 853. The molecule has 0 aliphatic carbocycles. The van der Waals surface area contributed by atoms with Gasteiger partial charge in [-0.3, -0.25) is 9.98 Å². The quantitative estimate of drug-likeness (QED) is 0.504. The van der Waals surface area contributed by atoms with E-state index in [1.54, 1.807) is 0 Å². The van der Waals surface area contributed by atoms with Crippen molar-refractivity contribution in [3.63, 3.8) is 0 Å². The van der Waals surface area contributed by atoms with Gasteiger partial charge in [0.25, 0.3) is 0 Å². The summed E-state index contributed by atoms with van der Waals surface area (Å²) in [7, 11) is 0. The first-order chi connectivity index (χ1) is 12.1. The van der Waals surface area contributed by atoms with E-state index in [9.17, 15) is 0 Å². The Morgan fingerprint density at radius 3 is 1.39 bits per heavy atom. The van der Waals surface area contributed by atoms with E-state index in [1.807, 2.05) is 74.5 Å². The number of para-hydroxylation sites is 2. The van der Waals surface area contributed by atoms with Crippen molar-refractivity contribution in [1.29, 1.82) is 0 Å². The van der Waals surface area contributed by atoms with Gasteiger partial charge in [-0.25, -0.2) is 4.98 Å². The van der Waals surface area contributed by atoms with Gasteiger partial charge in [-0.2, -0.15) is 0 Å². The maximum Gasteiger partial charge on any atom is 2.00 e. The molecule has 143 valence electrons. The molecular weight excluding hydrogens is 428 g/mol. The maximum atomic E-state index is 4.76. The molecular formula is C22H21Cl2N3V. The van der Waals surface area contributed by atoms with Gasteiger partial charge >= 0.3 is 18.6 Å². The number of hydrogen-bond acceptors (Lipinski definition) is 3. The molecule has 0 amide bonds. The van der Waals surface area contributed by atoms with E-state index in [1.165, 1.54) is 0 Å². The molecule has 1 heterocycles. The van der Waals surface area contributed by atoms with Crippen LogP contribution in [0.25, 0.3) is 0 Å². The summed E-state index contributed by atoms with van der Waals surface area (Å²) in [5.41, 5.74) is 6.54. The minimum atomic E-state index is 0. The van der Waals surface area contributed by atoms with Crippen molar-refractivity contribution in [2.24, 2.45) is 9.98 Å². The average molecular weight is 449 g/mol. The van der Waals surface area contributed by atoms with Gasteiger partial charge in [0.2, 0.25) is 0 Å². The zero-order valence-corrected chi connectivity index (χ0v) is 18.9. The number of aromatic nitrogens is 1. The van der Waals surface area contributed by atoms with Gasteiger partial charge in [-0.15, -0.1) is 0 Å². The molecule has 0 aliphatic rings. The van der Waals surface area contributed by atoms with Crippen molar-refractivity contribution < 1.29 is 43.4 Å². The van der Waals surface area contributed by atoms with Crippen LogP contribution in [0.5, 0.6) is 0 Å². The summed E-state index contributed by atoms with van der Waals surface area (Å²) in [5, 5.41) is 0. The summed E-state index contributed by atoms with van der Waals surface area (Å²) in [6.07, 6.45) is 0. The molecule has 1 radical (unpaired) electrons. The Kier molecular flexibility index (Phi) is 11.7. The molecule has 3 nitrogen and oxygen atoms in total. The van der Waals surface area contributed by atoms with E-state index in [4.69, 9.17) is 4.98 Å². The molecule has 0 N–H and O–H groups in total. The van der Waals surface area contributed by atoms with Crippen molar-refractivity contribution in [1.82, 2.24) is 4.98 Å². The van der Waals surface area contributed by atoms with E-state index < -0.39 is 0 Å². The molecule has 0 saturated carbocycles. The predicted molar refractivity (Wildman–Crippen MR) is 106 cm³/mol. The first kappa shape index (κ1) is 26.1. The second-order valence-electron chi connectivity index (χ2n) is 5.98. The van der Waals surface area contributed by atoms with Crippen LogP contribution in [-0.2, 0) is 18.6 Å². The minimum absolute atomic E-state index is 0. The third-order valence-corrected chi connectivity index (χ3v) is 3.82. The molecule has 0 atom stereocenters. The normalized spacial score (nSPS) is 11.0. The fourth-order valence-corrected chi connectivity index (χ4v) is 2.54. The number of aryl methyl sites for hydroxylation is 1. The fourth-order valence-electron chi connectivity index (χ4n) is 2.54. The topological polar surface area (TPSA) is 37.6 Å². The summed E-state index contributed by atoms with van der Waals surface area (Å²) in [4.78, 5) is 14.1. The number of rotatable bonds is 4. The number of pyridine rings is 1. The van der Waals surface area contributed by atoms with Gasteiger partial charge in [0.15, 0.2) is 0 Å². The standard InChI is InChI=1S/C22H21N3.2ClH.V/c1-16-14-21(17(2)23-19-10-6-4-7-11-19)25-22(15-16)18(3)24-20-12-8-5-9-13-20;;;/h4-15H,1-3H3;2*1H;/q;;;+2/p-2. The zero-order valence-electron chi connectivity index (χ0n) is 16.0. The Morgan fingerprint density at radius 1 is 0.679 bits per heavy atom. The molecule has 0 fully saturated rings. The molecule has 0 aliphatic heterocycles. The van der Waals surface area contributed by atoms with Gasteiger partial charge < -0.3 is 24.8 Å². The van der Waals surface area contributed by atoms with E-state index in [0.29, 0.717) is 0 Å². The number of hydrogen-bond donors (Lipinski definition) is 0. The largest absolute Gasteiger partial charge is 2.00 e. The SMILES string of the molecule is CC(=Nc1ccccc1)c1cc(C)cc(C(C)=Nc2ccccc2)n1.[Cl-].[Cl-].[V+2]. The van der Waals surface area contributed by atoms with Crippen molar-refractivity contribution in [2.45, 2.75) is 20.8 Å². The number of benzene rings is 2. The summed E-state index contributed by atoms with van der Waals surface area (Å²) in [5.74, 6) is 0. The van der Waals surface area contributed by atoms with Crippen molar-refractivity contribution >= 4 is 22.8 Å². The molecule has 0 bridgehead atoms. The van der Waals surface area contributed by atoms with E-state index in [-0.39, 0.29) is 43.4 Å². The summed E-state index contributed by atoms with van der Waals surface area (Å²) in [6.45, 7) is 6.05. The van der Waals surface area contributed by atoms with E-state index in [2.05, 4.69) is 29.0 Å². The molecule has 28 heavy (non-hydrogen) atoms. The van der Waals surface area contributed by atoms with Crippen LogP contribution in [0.3, 0.4) is 0 Å². The molecule has 6 heteroatoms. The van der Waals surface area contributed by atoms with Crippen molar-refractivity contribution in [3.8, 4) is 0 Å². The van der Waals surface area contributed by atoms with Crippen LogP contribution >= 0.6 is 0 Å². The Labute approximate surface area is 191 Å². The van der Waals surface area contributed by atoms with Crippen LogP contribution in [0.4, 0.5) is 11.4 Å². The monoisotopic (exact) mass is 448 g/mol. The summed E-state index contributed by atoms with van der Waals surface area (Å²) >= 11 is 0. The van der Waals surface area contributed by atoms with E-state index in [0.717, 1.165) is 39.7 Å². The van der Waals surface area contributed by atoms with Crippen LogP contribution in [0.15, 0.2) is 82.8 Å². The van der Waals surface area contributed by atoms with Crippen LogP contribution in [-0.4, -0.2) is 16.4 Å². The predicted octanol–water partition coefficient (Wildman–Crippen LogP) is -0.323. The van der Waals surface area contributed by atoms with E-state index >= 15 is 0 Å². The number of aliphatic imine (C=N–C) groups is 2. The van der Waals surface area contributed by atoms with Gasteiger partial charge in [0.05, 0.1) is 34.2 Å². The zero-order chi connectivity index (χ0) is 17.6. The molecule has 1 aromatic heterocycles. The van der Waals surface area contributed by atoms with Gasteiger partial charge in [-0.05, 0) is 62.7 Å². The maximum absolute atomic E-state index is 4.76. The first-order valence-corrected chi connectivity index (χ1v) is 8.32. The third kappa shape index (κ3) is 7.25.